The second-order valence-electron chi connectivity index (χ2n) is 5.21. The molecule has 0 heterocycles. The molecule has 0 atom stereocenters. The maximum absolute atomic E-state index is 10.8. The number of carboxylic acid groups (broad SMARTS) is 1. The highest BCUT2D eigenvalue weighted by Crippen LogP contribution is 2.23. The van der Waals surface area contributed by atoms with Crippen molar-refractivity contribution in [2.24, 2.45) is 0 Å². The molecular weight excluding hydrogens is 276 g/mol. The number of carbonyl (C=O) groups is 1. The molecule has 0 saturated carbocycles. The van der Waals surface area contributed by atoms with Gasteiger partial charge in [-0.2, -0.15) is 0 Å². The molecule has 1 aromatic carbocycles. The Morgan fingerprint density at radius 3 is 2.65 bits per heavy atom. The fourth-order valence-electron chi connectivity index (χ4n) is 1.76. The first-order valence-corrected chi connectivity index (χ1v) is 7.26. The lowest BCUT2D eigenvalue weighted by molar-refractivity contribution is 0.0697. The minimum atomic E-state index is -0.963. The molecule has 0 amide bonds. The van der Waals surface area contributed by atoms with Gasteiger partial charge in [0.15, 0.2) is 0 Å². The van der Waals surface area contributed by atoms with Crippen LogP contribution in [0.4, 0.5) is 5.69 Å². The van der Waals surface area contributed by atoms with Crippen LogP contribution in [0.25, 0.3) is 0 Å². The van der Waals surface area contributed by atoms with Crippen LogP contribution in [0, 0.1) is 0 Å². The van der Waals surface area contributed by atoms with Crippen LogP contribution < -0.4 is 5.32 Å². The molecule has 0 aliphatic carbocycles. The van der Waals surface area contributed by atoms with Crippen LogP contribution in [-0.4, -0.2) is 42.2 Å². The first-order chi connectivity index (χ1) is 9.41. The van der Waals surface area contributed by atoms with E-state index in [1.807, 2.05) is 0 Å². The Bertz CT molecular complexity index is 449. The third-order valence-electron chi connectivity index (χ3n) is 3.35. The number of unbranched alkanes of at least 4 members (excludes halogenated alkanes) is 1. The molecule has 4 nitrogen and oxygen atoms in total. The van der Waals surface area contributed by atoms with Gasteiger partial charge in [-0.05, 0) is 58.5 Å². The zero-order valence-corrected chi connectivity index (χ0v) is 13.1. The van der Waals surface area contributed by atoms with Gasteiger partial charge in [0.25, 0.3) is 0 Å². The number of nitrogens with one attached hydrogen (secondary N) is 1. The standard InChI is InChI=1S/C15H23ClN2O2/c1-11(2)18(3)9-5-4-8-17-14-7-6-12(15(19)20)10-13(14)16/h6-7,10-11,17H,4-5,8-9H2,1-3H3,(H,19,20). The van der Waals surface area contributed by atoms with Crippen LogP contribution >= 0.6 is 11.6 Å². The molecule has 0 spiro atoms. The number of hydrogen-bond acceptors (Lipinski definition) is 3. The highest BCUT2D eigenvalue weighted by Gasteiger charge is 2.06. The molecule has 20 heavy (non-hydrogen) atoms. The summed E-state index contributed by atoms with van der Waals surface area (Å²) >= 11 is 6.04. The van der Waals surface area contributed by atoms with Crippen molar-refractivity contribution in [3.8, 4) is 0 Å². The van der Waals surface area contributed by atoms with Crippen molar-refractivity contribution in [1.82, 2.24) is 4.90 Å². The Morgan fingerprint density at radius 1 is 1.40 bits per heavy atom. The summed E-state index contributed by atoms with van der Waals surface area (Å²) in [6.45, 7) is 6.27. The average Bonchev–Trinajstić information content (AvgIpc) is 2.39. The lowest BCUT2D eigenvalue weighted by atomic mass is 10.2. The molecule has 1 aromatic rings. The Balaban J connectivity index is 2.34. The van der Waals surface area contributed by atoms with Gasteiger partial charge in [-0.15, -0.1) is 0 Å². The number of nitrogens with zero attached hydrogens (tertiary/aromatic N) is 1. The molecule has 112 valence electrons. The number of halogens is 1. The fourth-order valence-corrected chi connectivity index (χ4v) is 2.01. The highest BCUT2D eigenvalue weighted by atomic mass is 35.5. The summed E-state index contributed by atoms with van der Waals surface area (Å²) in [5.74, 6) is -0.963. The average molecular weight is 299 g/mol. The fraction of sp³-hybridized carbons (Fsp3) is 0.533. The van der Waals surface area contributed by atoms with Crippen molar-refractivity contribution >= 4 is 23.3 Å². The molecule has 5 heteroatoms. The summed E-state index contributed by atoms with van der Waals surface area (Å²) in [6.07, 6.45) is 2.17. The van der Waals surface area contributed by atoms with E-state index < -0.39 is 5.97 Å². The normalized spacial score (nSPS) is 11.1. The van der Waals surface area contributed by atoms with Crippen LogP contribution in [0.3, 0.4) is 0 Å². The summed E-state index contributed by atoms with van der Waals surface area (Å²) < 4.78 is 0. The van der Waals surface area contributed by atoms with Gasteiger partial charge in [-0.25, -0.2) is 4.79 Å². The van der Waals surface area contributed by atoms with Crippen molar-refractivity contribution in [3.63, 3.8) is 0 Å². The molecule has 0 unspecified atom stereocenters. The van der Waals surface area contributed by atoms with Crippen LogP contribution in [0.2, 0.25) is 5.02 Å². The molecule has 0 saturated heterocycles. The molecule has 0 fully saturated rings. The Kier molecular flexibility index (Phi) is 6.82. The number of carboxylic acids is 1. The number of aromatic carboxylic acids is 1. The van der Waals surface area contributed by atoms with Gasteiger partial charge in [0.05, 0.1) is 16.3 Å². The molecular formula is C15H23ClN2O2. The third-order valence-corrected chi connectivity index (χ3v) is 3.66. The van der Waals surface area contributed by atoms with E-state index in [1.54, 1.807) is 12.1 Å². The first-order valence-electron chi connectivity index (χ1n) is 6.88. The highest BCUT2D eigenvalue weighted by molar-refractivity contribution is 6.33. The third kappa shape index (κ3) is 5.39. The quantitative estimate of drug-likeness (QED) is 0.720. The summed E-state index contributed by atoms with van der Waals surface area (Å²) in [5.41, 5.74) is 0.994. The summed E-state index contributed by atoms with van der Waals surface area (Å²) in [7, 11) is 2.12. The van der Waals surface area contributed by atoms with Gasteiger partial charge < -0.3 is 15.3 Å². The second-order valence-corrected chi connectivity index (χ2v) is 5.62. The van der Waals surface area contributed by atoms with E-state index in [0.717, 1.165) is 31.6 Å². The Labute approximate surface area is 125 Å². The largest absolute Gasteiger partial charge is 0.478 e. The monoisotopic (exact) mass is 298 g/mol. The van der Waals surface area contributed by atoms with Gasteiger partial charge in [-0.1, -0.05) is 11.6 Å². The van der Waals surface area contributed by atoms with E-state index in [0.29, 0.717) is 11.1 Å². The Hall–Kier alpha value is -1.26. The maximum atomic E-state index is 10.8. The zero-order valence-electron chi connectivity index (χ0n) is 12.3. The SMILES string of the molecule is CC(C)N(C)CCCCNc1ccc(C(=O)O)cc1Cl. The molecule has 0 aromatic heterocycles. The van der Waals surface area contributed by atoms with E-state index in [9.17, 15) is 4.79 Å². The molecule has 1 rings (SSSR count). The lowest BCUT2D eigenvalue weighted by Crippen LogP contribution is -2.27. The van der Waals surface area contributed by atoms with E-state index in [2.05, 4.69) is 31.1 Å². The van der Waals surface area contributed by atoms with Crippen molar-refractivity contribution in [3.05, 3.63) is 28.8 Å². The summed E-state index contributed by atoms with van der Waals surface area (Å²) in [4.78, 5) is 13.1. The topological polar surface area (TPSA) is 52.6 Å². The van der Waals surface area contributed by atoms with Crippen LogP contribution in [0.1, 0.15) is 37.0 Å². The minimum absolute atomic E-state index is 0.208. The van der Waals surface area contributed by atoms with E-state index in [-0.39, 0.29) is 5.56 Å². The smallest absolute Gasteiger partial charge is 0.335 e. The molecule has 2 N–H and O–H groups in total. The molecule has 0 bridgehead atoms. The summed E-state index contributed by atoms with van der Waals surface area (Å²) in [6, 6.07) is 5.31. The number of benzene rings is 1. The van der Waals surface area contributed by atoms with Crippen molar-refractivity contribution in [1.29, 1.82) is 0 Å². The maximum Gasteiger partial charge on any atom is 0.335 e. The predicted octanol–water partition coefficient (Wildman–Crippen LogP) is 3.57. The van der Waals surface area contributed by atoms with Gasteiger partial charge in [0, 0.05) is 12.6 Å². The number of rotatable bonds is 8. The minimum Gasteiger partial charge on any atom is -0.478 e. The van der Waals surface area contributed by atoms with Crippen LogP contribution in [0.15, 0.2) is 18.2 Å². The van der Waals surface area contributed by atoms with E-state index in [1.165, 1.54) is 6.07 Å². The van der Waals surface area contributed by atoms with E-state index >= 15 is 0 Å². The van der Waals surface area contributed by atoms with Gasteiger partial charge >= 0.3 is 5.97 Å². The molecule has 0 aliphatic rings. The lowest BCUT2D eigenvalue weighted by Gasteiger charge is -2.20. The van der Waals surface area contributed by atoms with Crippen LogP contribution in [-0.2, 0) is 0 Å². The van der Waals surface area contributed by atoms with Crippen molar-refractivity contribution in [2.45, 2.75) is 32.7 Å². The number of hydrogen-bond donors (Lipinski definition) is 2. The van der Waals surface area contributed by atoms with E-state index in [4.69, 9.17) is 16.7 Å². The van der Waals surface area contributed by atoms with Gasteiger partial charge in [0.1, 0.15) is 0 Å². The first kappa shape index (κ1) is 16.8. The molecule has 0 radical (unpaired) electrons. The predicted molar refractivity (Wildman–Crippen MR) is 83.9 cm³/mol. The number of anilines is 1. The zero-order chi connectivity index (χ0) is 15.1. The second kappa shape index (κ2) is 8.12. The van der Waals surface area contributed by atoms with Crippen molar-refractivity contribution in [2.75, 3.05) is 25.5 Å². The Morgan fingerprint density at radius 2 is 2.10 bits per heavy atom. The summed E-state index contributed by atoms with van der Waals surface area (Å²) in [5, 5.41) is 12.5. The van der Waals surface area contributed by atoms with Gasteiger partial charge in [0.2, 0.25) is 0 Å². The van der Waals surface area contributed by atoms with Gasteiger partial charge in [-0.3, -0.25) is 0 Å². The van der Waals surface area contributed by atoms with Crippen LogP contribution in [0.5, 0.6) is 0 Å². The molecule has 0 aliphatic heterocycles. The van der Waals surface area contributed by atoms with Crippen molar-refractivity contribution < 1.29 is 9.90 Å².